The highest BCUT2D eigenvalue weighted by molar-refractivity contribution is 8.21. The monoisotopic (exact) mass is 141 g/mol. The van der Waals surface area contributed by atoms with E-state index in [2.05, 4.69) is 9.72 Å². The molecule has 0 aliphatic rings. The SMILES string of the molecule is CCONS(C)(O)O. The van der Waals surface area contributed by atoms with Crippen LogP contribution in [0.4, 0.5) is 0 Å². The van der Waals surface area contributed by atoms with E-state index in [0.29, 0.717) is 6.61 Å². The van der Waals surface area contributed by atoms with Gasteiger partial charge in [-0.15, -0.1) is 10.8 Å². The second-order valence-electron chi connectivity index (χ2n) is 1.35. The van der Waals surface area contributed by atoms with Crippen LogP contribution in [0.15, 0.2) is 0 Å². The van der Waals surface area contributed by atoms with E-state index in [1.807, 2.05) is 0 Å². The fraction of sp³-hybridized carbons (Fsp3) is 1.00. The Labute approximate surface area is 50.3 Å². The van der Waals surface area contributed by atoms with Gasteiger partial charge in [0.05, 0.1) is 6.61 Å². The molecule has 0 atom stereocenters. The fourth-order valence-corrected chi connectivity index (χ4v) is 0.512. The molecule has 5 heteroatoms. The van der Waals surface area contributed by atoms with Crippen LogP contribution < -0.4 is 4.89 Å². The second-order valence-corrected chi connectivity index (χ2v) is 3.18. The normalized spacial score (nSPS) is 14.0. The zero-order valence-corrected chi connectivity index (χ0v) is 5.73. The Bertz CT molecular complexity index is 62.0. The van der Waals surface area contributed by atoms with Gasteiger partial charge in [-0.1, -0.05) is 4.89 Å². The first kappa shape index (κ1) is 8.19. The molecule has 0 heterocycles. The summed E-state index contributed by atoms with van der Waals surface area (Å²) in [6, 6.07) is 0. The maximum Gasteiger partial charge on any atom is 0.0673 e. The fourth-order valence-electron chi connectivity index (χ4n) is 0.171. The van der Waals surface area contributed by atoms with Crippen LogP contribution in [-0.2, 0) is 4.84 Å². The van der Waals surface area contributed by atoms with Crippen LogP contribution in [0.5, 0.6) is 0 Å². The molecule has 0 rings (SSSR count). The molecule has 52 valence electrons. The first-order valence-electron chi connectivity index (χ1n) is 2.18. The number of rotatable bonds is 3. The van der Waals surface area contributed by atoms with E-state index in [1.165, 1.54) is 6.26 Å². The Morgan fingerprint density at radius 2 is 2.12 bits per heavy atom. The van der Waals surface area contributed by atoms with Gasteiger partial charge in [0.25, 0.3) is 0 Å². The van der Waals surface area contributed by atoms with Crippen molar-refractivity contribution in [3.8, 4) is 0 Å². The summed E-state index contributed by atoms with van der Waals surface area (Å²) in [6.45, 7) is 2.17. The third-order valence-corrected chi connectivity index (χ3v) is 0.795. The first-order chi connectivity index (χ1) is 3.56. The lowest BCUT2D eigenvalue weighted by Crippen LogP contribution is -2.18. The average molecular weight is 141 g/mol. The van der Waals surface area contributed by atoms with Crippen LogP contribution in [0.2, 0.25) is 0 Å². The topological polar surface area (TPSA) is 61.7 Å². The number of hydrogen-bond donors (Lipinski definition) is 3. The van der Waals surface area contributed by atoms with Crippen molar-refractivity contribution >= 4 is 10.8 Å². The van der Waals surface area contributed by atoms with Gasteiger partial charge in [-0.2, -0.15) is 0 Å². The Hall–Kier alpha value is 0.190. The summed E-state index contributed by atoms with van der Waals surface area (Å²) in [6.07, 6.45) is 1.25. The van der Waals surface area contributed by atoms with Crippen LogP contribution in [0, 0.1) is 0 Å². The lowest BCUT2D eigenvalue weighted by Gasteiger charge is -2.25. The van der Waals surface area contributed by atoms with Crippen LogP contribution in [-0.4, -0.2) is 22.0 Å². The van der Waals surface area contributed by atoms with Crippen LogP contribution in [0.1, 0.15) is 6.92 Å². The van der Waals surface area contributed by atoms with Gasteiger partial charge in [0.2, 0.25) is 0 Å². The Morgan fingerprint density at radius 1 is 1.62 bits per heavy atom. The summed E-state index contributed by atoms with van der Waals surface area (Å²) in [5.41, 5.74) is 0. The zero-order chi connectivity index (χ0) is 6.62. The molecule has 0 aliphatic carbocycles. The van der Waals surface area contributed by atoms with Gasteiger partial charge in [-0.05, 0) is 6.92 Å². The molecule has 0 fully saturated rings. The third kappa shape index (κ3) is 6.19. The molecule has 0 aliphatic heterocycles. The van der Waals surface area contributed by atoms with Crippen molar-refractivity contribution in [3.05, 3.63) is 0 Å². The van der Waals surface area contributed by atoms with Crippen molar-refractivity contribution in [2.75, 3.05) is 12.9 Å². The van der Waals surface area contributed by atoms with E-state index < -0.39 is 10.8 Å². The Balaban J connectivity index is 3.11. The van der Waals surface area contributed by atoms with Gasteiger partial charge in [0, 0.05) is 6.26 Å². The maximum atomic E-state index is 8.55. The van der Waals surface area contributed by atoms with Gasteiger partial charge in [0.15, 0.2) is 0 Å². The van der Waals surface area contributed by atoms with E-state index in [-0.39, 0.29) is 0 Å². The molecule has 0 saturated heterocycles. The van der Waals surface area contributed by atoms with Gasteiger partial charge in [-0.25, -0.2) is 0 Å². The molecular weight excluding hydrogens is 130 g/mol. The van der Waals surface area contributed by atoms with Crippen molar-refractivity contribution in [1.82, 2.24) is 4.89 Å². The maximum absolute atomic E-state index is 8.55. The van der Waals surface area contributed by atoms with E-state index >= 15 is 0 Å². The van der Waals surface area contributed by atoms with Crippen molar-refractivity contribution < 1.29 is 13.9 Å². The van der Waals surface area contributed by atoms with E-state index in [0.717, 1.165) is 0 Å². The quantitative estimate of drug-likeness (QED) is 0.509. The van der Waals surface area contributed by atoms with Crippen molar-refractivity contribution in [2.45, 2.75) is 6.92 Å². The van der Waals surface area contributed by atoms with Crippen LogP contribution in [0.25, 0.3) is 0 Å². The second kappa shape index (κ2) is 3.26. The standard InChI is InChI=1S/C3H11NO3S/c1-3-7-4-8(2,5)6/h4-6H,3H2,1-2H3. The zero-order valence-electron chi connectivity index (χ0n) is 4.92. The molecule has 0 radical (unpaired) electrons. The highest BCUT2D eigenvalue weighted by Crippen LogP contribution is 2.26. The number of nitrogens with one attached hydrogen (secondary N) is 1. The largest absolute Gasteiger partial charge is 0.284 e. The van der Waals surface area contributed by atoms with Crippen molar-refractivity contribution in [3.63, 3.8) is 0 Å². The minimum absolute atomic E-state index is 0.420. The van der Waals surface area contributed by atoms with E-state index in [4.69, 9.17) is 9.11 Å². The minimum atomic E-state index is -2.66. The minimum Gasteiger partial charge on any atom is -0.284 e. The predicted molar refractivity (Wildman–Crippen MR) is 33.5 cm³/mol. The van der Waals surface area contributed by atoms with Crippen molar-refractivity contribution in [1.29, 1.82) is 0 Å². The lowest BCUT2D eigenvalue weighted by molar-refractivity contribution is 0.0976. The summed E-state index contributed by atoms with van der Waals surface area (Å²) in [7, 11) is -2.66. The van der Waals surface area contributed by atoms with Gasteiger partial charge >= 0.3 is 0 Å². The molecule has 0 aromatic heterocycles. The highest BCUT2D eigenvalue weighted by atomic mass is 32.3. The molecule has 0 bridgehead atoms. The molecule has 0 amide bonds. The molecule has 4 nitrogen and oxygen atoms in total. The highest BCUT2D eigenvalue weighted by Gasteiger charge is 1.98. The summed E-state index contributed by atoms with van der Waals surface area (Å²) in [4.78, 5) is 6.55. The van der Waals surface area contributed by atoms with Crippen LogP contribution in [0.3, 0.4) is 0 Å². The molecule has 0 unspecified atom stereocenters. The summed E-state index contributed by atoms with van der Waals surface area (Å²) in [5, 5.41) is 0. The molecular formula is C3H11NO3S. The van der Waals surface area contributed by atoms with Gasteiger partial charge < -0.3 is 0 Å². The summed E-state index contributed by atoms with van der Waals surface area (Å²) >= 11 is 0. The summed E-state index contributed by atoms with van der Waals surface area (Å²) < 4.78 is 17.1. The first-order valence-corrected chi connectivity index (χ1v) is 4.13. The van der Waals surface area contributed by atoms with Gasteiger partial charge in [0.1, 0.15) is 0 Å². The molecule has 8 heavy (non-hydrogen) atoms. The van der Waals surface area contributed by atoms with E-state index in [9.17, 15) is 0 Å². The predicted octanol–water partition coefficient (Wildman–Crippen LogP) is 0.823. The van der Waals surface area contributed by atoms with E-state index in [1.54, 1.807) is 6.92 Å². The third-order valence-electron chi connectivity index (χ3n) is 0.361. The molecule has 0 aromatic rings. The molecule has 0 aromatic carbocycles. The van der Waals surface area contributed by atoms with Gasteiger partial charge in [-0.3, -0.25) is 13.9 Å². The molecule has 3 N–H and O–H groups in total. The van der Waals surface area contributed by atoms with Crippen molar-refractivity contribution in [2.24, 2.45) is 0 Å². The lowest BCUT2D eigenvalue weighted by atomic mass is 10.9. The van der Waals surface area contributed by atoms with Crippen LogP contribution >= 0.6 is 10.8 Å². The summed E-state index contributed by atoms with van der Waals surface area (Å²) in [5.74, 6) is 0. The molecule has 0 saturated carbocycles. The smallest absolute Gasteiger partial charge is 0.0673 e. The Kier molecular flexibility index (Phi) is 3.34. The average Bonchev–Trinajstić information content (AvgIpc) is 1.59. The number of hydrogen-bond acceptors (Lipinski definition) is 4. The molecule has 0 spiro atoms. The Morgan fingerprint density at radius 3 is 2.25 bits per heavy atom.